The van der Waals surface area contributed by atoms with Crippen molar-refractivity contribution in [3.63, 3.8) is 0 Å². The van der Waals surface area contributed by atoms with Crippen LogP contribution in [0.25, 0.3) is 99.9 Å². The predicted octanol–water partition coefficient (Wildman–Crippen LogP) is 15.4. The van der Waals surface area contributed by atoms with Gasteiger partial charge in [-0.1, -0.05) is 89.8 Å². The topological polar surface area (TPSA) is 48.8 Å². The van der Waals surface area contributed by atoms with Crippen LogP contribution in [-0.4, -0.2) is 32.4 Å². The summed E-state index contributed by atoms with van der Waals surface area (Å²) in [5, 5.41) is 4.67. The number of imidazole rings is 1. The molecule has 0 aliphatic heterocycles. The molecular formula is C61H50GeIrN4O-2. The average Bonchev–Trinajstić information content (AvgIpc) is 4.04. The third-order valence-electron chi connectivity index (χ3n) is 12.7. The molecule has 0 spiro atoms. The Bertz CT molecular complexity index is 3730. The molecule has 7 heteroatoms. The van der Waals surface area contributed by atoms with E-state index in [-0.39, 0.29) is 20.1 Å². The summed E-state index contributed by atoms with van der Waals surface area (Å²) in [6, 6.07) is 72.4. The Hall–Kier alpha value is -6.83. The van der Waals surface area contributed by atoms with Crippen LogP contribution in [0.2, 0.25) is 17.3 Å². The Morgan fingerprint density at radius 3 is 1.99 bits per heavy atom. The summed E-state index contributed by atoms with van der Waals surface area (Å²) in [7, 11) is 0. The van der Waals surface area contributed by atoms with E-state index in [9.17, 15) is 0 Å². The smallest absolute Gasteiger partial charge is 0.120 e. The molecule has 4 aromatic heterocycles. The van der Waals surface area contributed by atoms with E-state index in [0.717, 1.165) is 67.7 Å². The SMILES string of the molecule is CC(C)Cc1cc(-c2[c-]cc3c(c2)c2ccccc2n3-c2ccccc2)nc[c]1[Ge]([CH3])([CH3])[CH3].[Ir].[c-]1ccc2c(oc3ccccc32)c1-c1nc2ccccc2n1-c1ccc(-c2ccccc2)cc1. The van der Waals surface area contributed by atoms with Crippen LogP contribution < -0.4 is 4.40 Å². The van der Waals surface area contributed by atoms with Crippen molar-refractivity contribution in [3.05, 3.63) is 212 Å². The normalized spacial score (nSPS) is 11.7. The van der Waals surface area contributed by atoms with Crippen LogP contribution in [-0.2, 0) is 26.5 Å². The summed E-state index contributed by atoms with van der Waals surface area (Å²) < 4.78 is 12.4. The molecule has 5 nitrogen and oxygen atoms in total. The first-order chi connectivity index (χ1) is 32.7. The fraction of sp³-hybridized carbons (Fsp3) is 0.115. The van der Waals surface area contributed by atoms with E-state index in [4.69, 9.17) is 14.4 Å². The molecule has 0 amide bonds. The number of hydrogen-bond donors (Lipinski definition) is 0. The van der Waals surface area contributed by atoms with Gasteiger partial charge in [-0.15, -0.1) is 18.2 Å². The van der Waals surface area contributed by atoms with Gasteiger partial charge in [0.2, 0.25) is 0 Å². The third-order valence-corrected chi connectivity index (χ3v) is 17.0. The van der Waals surface area contributed by atoms with Crippen molar-refractivity contribution in [3.8, 4) is 45.1 Å². The zero-order valence-corrected chi connectivity index (χ0v) is 43.3. The minimum Gasteiger partial charge on any atom is -0.501 e. The van der Waals surface area contributed by atoms with Gasteiger partial charge in [0, 0.05) is 31.2 Å². The predicted molar refractivity (Wildman–Crippen MR) is 282 cm³/mol. The van der Waals surface area contributed by atoms with Crippen molar-refractivity contribution in [2.75, 3.05) is 0 Å². The minimum atomic E-state index is -2.00. The molecule has 0 saturated carbocycles. The second kappa shape index (κ2) is 18.7. The molecule has 0 unspecified atom stereocenters. The maximum absolute atomic E-state index is 6.32. The quantitative estimate of drug-likeness (QED) is 0.113. The Morgan fingerprint density at radius 2 is 1.24 bits per heavy atom. The first-order valence-corrected chi connectivity index (χ1v) is 30.5. The van der Waals surface area contributed by atoms with Gasteiger partial charge in [-0.25, -0.2) is 0 Å². The van der Waals surface area contributed by atoms with Gasteiger partial charge >= 0.3 is 194 Å². The summed E-state index contributed by atoms with van der Waals surface area (Å²) in [5.74, 6) is 8.81. The zero-order valence-electron chi connectivity index (χ0n) is 38.8. The van der Waals surface area contributed by atoms with Gasteiger partial charge in [0.15, 0.2) is 0 Å². The van der Waals surface area contributed by atoms with Crippen molar-refractivity contribution in [1.29, 1.82) is 0 Å². The molecular weight excluding hydrogens is 1070 g/mol. The molecule has 0 bridgehead atoms. The molecule has 0 aliphatic rings. The minimum absolute atomic E-state index is 0. The van der Waals surface area contributed by atoms with E-state index in [0.29, 0.717) is 5.92 Å². The van der Waals surface area contributed by atoms with Crippen LogP contribution in [0.3, 0.4) is 0 Å². The Balaban J connectivity index is 0.000000156. The maximum atomic E-state index is 6.32. The van der Waals surface area contributed by atoms with E-state index in [1.807, 2.05) is 48.5 Å². The second-order valence-corrected chi connectivity index (χ2v) is 29.3. The van der Waals surface area contributed by atoms with Gasteiger partial charge in [0.25, 0.3) is 0 Å². The van der Waals surface area contributed by atoms with Gasteiger partial charge in [0.1, 0.15) is 5.58 Å². The standard InChI is InChI=1S/C31H19N2O.C30H31GeN2.Ir/c1-2-9-21(10-3-1)22-17-19-23(20-18-22)33-28-15-6-5-14-27(28)32-31(33)26-13-8-12-25-24-11-4-7-16-29(24)34-30(25)26;1-21(2)17-23-19-28(32-20-27(23)31(3,4)5)22-15-16-30-26(18-22)25-13-9-10-14-29(25)33(30)24-11-7-6-8-12-24;/h1-12,14-20H;6-14,16,18-21H,17H2,1-5H3;/q2*-1;. The molecule has 0 atom stereocenters. The van der Waals surface area contributed by atoms with Crippen molar-refractivity contribution in [1.82, 2.24) is 19.1 Å². The number of hydrogen-bond acceptors (Lipinski definition) is 3. The van der Waals surface area contributed by atoms with Crippen LogP contribution in [0.1, 0.15) is 19.4 Å². The number of furan rings is 1. The first-order valence-electron chi connectivity index (χ1n) is 23.2. The Labute approximate surface area is 413 Å². The van der Waals surface area contributed by atoms with Crippen molar-refractivity contribution >= 4 is 72.4 Å². The van der Waals surface area contributed by atoms with Gasteiger partial charge in [-0.3, -0.25) is 4.98 Å². The van der Waals surface area contributed by atoms with E-state index in [1.54, 1.807) is 0 Å². The summed E-state index contributed by atoms with van der Waals surface area (Å²) in [4.78, 5) is 9.98. The molecule has 4 heterocycles. The number of nitrogens with zero attached hydrogens (tertiary/aromatic N) is 4. The number of rotatable bonds is 8. The largest absolute Gasteiger partial charge is 0.501 e. The number of benzene rings is 8. The van der Waals surface area contributed by atoms with E-state index < -0.39 is 13.3 Å². The summed E-state index contributed by atoms with van der Waals surface area (Å²) >= 11 is -2.00. The van der Waals surface area contributed by atoms with Crippen molar-refractivity contribution in [2.24, 2.45) is 5.92 Å². The van der Waals surface area contributed by atoms with Crippen LogP contribution in [0.15, 0.2) is 199 Å². The van der Waals surface area contributed by atoms with Gasteiger partial charge in [0.05, 0.1) is 22.4 Å². The molecule has 1 radical (unpaired) electrons. The average molecular weight is 1120 g/mol. The van der Waals surface area contributed by atoms with E-state index in [1.165, 1.54) is 48.6 Å². The van der Waals surface area contributed by atoms with Crippen LogP contribution >= 0.6 is 0 Å². The number of fused-ring (bicyclic) bond motifs is 7. The zero-order chi connectivity index (χ0) is 45.6. The molecule has 68 heavy (non-hydrogen) atoms. The molecule has 0 aliphatic carbocycles. The molecule has 0 fully saturated rings. The van der Waals surface area contributed by atoms with Gasteiger partial charge < -0.3 is 8.98 Å². The fourth-order valence-electron chi connectivity index (χ4n) is 9.59. The van der Waals surface area contributed by atoms with Crippen LogP contribution in [0, 0.1) is 18.1 Å². The second-order valence-electron chi connectivity index (χ2n) is 18.8. The number of para-hydroxylation sites is 5. The Kier molecular flexibility index (Phi) is 12.4. The summed E-state index contributed by atoms with van der Waals surface area (Å²) in [6.07, 6.45) is 3.27. The Morgan fingerprint density at radius 1 is 0.588 bits per heavy atom. The molecule has 335 valence electrons. The molecule has 0 saturated heterocycles. The summed E-state index contributed by atoms with van der Waals surface area (Å²) in [6.45, 7) is 4.60. The van der Waals surface area contributed by atoms with Crippen LogP contribution in [0.5, 0.6) is 0 Å². The molecule has 12 aromatic rings. The summed E-state index contributed by atoms with van der Waals surface area (Å²) in [5.41, 5.74) is 15.1. The monoisotopic (exact) mass is 1120 g/mol. The molecule has 12 rings (SSSR count). The first kappa shape index (κ1) is 45.0. The number of pyridine rings is 1. The van der Waals surface area contributed by atoms with Gasteiger partial charge in [-0.2, -0.15) is 0 Å². The molecule has 8 aromatic carbocycles. The van der Waals surface area contributed by atoms with Crippen molar-refractivity contribution in [2.45, 2.75) is 37.5 Å². The molecule has 0 N–H and O–H groups in total. The van der Waals surface area contributed by atoms with Crippen molar-refractivity contribution < 1.29 is 24.5 Å². The van der Waals surface area contributed by atoms with E-state index >= 15 is 0 Å². The third kappa shape index (κ3) is 8.42. The van der Waals surface area contributed by atoms with E-state index in [2.05, 4.69) is 198 Å². The van der Waals surface area contributed by atoms with Gasteiger partial charge in [-0.05, 0) is 41.5 Å². The van der Waals surface area contributed by atoms with Crippen LogP contribution in [0.4, 0.5) is 0 Å². The fourth-order valence-corrected chi connectivity index (χ4v) is 12.9. The number of aromatic nitrogens is 4. The maximum Gasteiger partial charge on any atom is 0.120 e.